The molecule has 194 valence electrons. The standard InChI is InChI=1S/C37H21N5/c1-4-11-31-24(8-1)27-20-22(15-17-25(27)36-39-29-9-2-5-12-32(29)41(31)36)23-16-18-26-28(21-23)35-34(14-7-19-38-35)42-33-13-6-3-10-30(33)40-37(26)42/h1-21H. The first-order chi connectivity index (χ1) is 20.8. The van der Waals surface area contributed by atoms with E-state index in [0.717, 1.165) is 77.2 Å². The molecule has 10 aromatic rings. The second-order valence-corrected chi connectivity index (χ2v) is 10.9. The molecular formula is C37H21N5. The minimum atomic E-state index is 0.955. The minimum absolute atomic E-state index is 0.955. The molecule has 0 spiro atoms. The molecule has 0 amide bonds. The van der Waals surface area contributed by atoms with E-state index in [0.29, 0.717) is 0 Å². The highest BCUT2D eigenvalue weighted by Crippen LogP contribution is 2.37. The summed E-state index contributed by atoms with van der Waals surface area (Å²) in [6.07, 6.45) is 1.88. The van der Waals surface area contributed by atoms with Crippen LogP contribution in [0.2, 0.25) is 0 Å². The SMILES string of the molecule is c1ccc2c(c1)nc1c3ccc(-c4ccc5c(c4)c4ncccc4n4c6ccccc6nc54)cc3c3ccccc3n21. The number of benzene rings is 5. The minimum Gasteiger partial charge on any atom is -0.292 e. The number of hydrogen-bond donors (Lipinski definition) is 0. The van der Waals surface area contributed by atoms with E-state index in [-0.39, 0.29) is 0 Å². The van der Waals surface area contributed by atoms with Gasteiger partial charge in [-0.25, -0.2) is 9.97 Å². The molecular weight excluding hydrogens is 514 g/mol. The summed E-state index contributed by atoms with van der Waals surface area (Å²) in [5.41, 5.74) is 11.7. The van der Waals surface area contributed by atoms with Crippen LogP contribution in [0.1, 0.15) is 0 Å². The number of pyridine rings is 3. The number of imidazole rings is 2. The smallest absolute Gasteiger partial charge is 0.146 e. The number of nitrogens with zero attached hydrogens (tertiary/aromatic N) is 5. The molecule has 5 aromatic heterocycles. The van der Waals surface area contributed by atoms with Crippen molar-refractivity contribution in [2.45, 2.75) is 0 Å². The van der Waals surface area contributed by atoms with Gasteiger partial charge in [0, 0.05) is 27.7 Å². The van der Waals surface area contributed by atoms with Gasteiger partial charge in [0.25, 0.3) is 0 Å². The molecule has 5 aromatic carbocycles. The largest absolute Gasteiger partial charge is 0.292 e. The zero-order valence-electron chi connectivity index (χ0n) is 22.4. The molecule has 0 N–H and O–H groups in total. The Morgan fingerprint density at radius 2 is 0.952 bits per heavy atom. The summed E-state index contributed by atoms with van der Waals surface area (Å²) < 4.78 is 4.53. The number of rotatable bonds is 1. The van der Waals surface area contributed by atoms with Gasteiger partial charge in [-0.05, 0) is 83.2 Å². The van der Waals surface area contributed by atoms with Gasteiger partial charge in [0.05, 0.1) is 38.6 Å². The van der Waals surface area contributed by atoms with Crippen molar-refractivity contribution in [2.24, 2.45) is 0 Å². The molecule has 0 saturated heterocycles. The van der Waals surface area contributed by atoms with Crippen LogP contribution >= 0.6 is 0 Å². The van der Waals surface area contributed by atoms with E-state index in [2.05, 4.69) is 118 Å². The summed E-state index contributed by atoms with van der Waals surface area (Å²) in [5.74, 6) is 0. The van der Waals surface area contributed by atoms with Crippen molar-refractivity contribution in [2.75, 3.05) is 0 Å². The summed E-state index contributed by atoms with van der Waals surface area (Å²) in [6, 6.07) is 42.9. The van der Waals surface area contributed by atoms with Gasteiger partial charge in [-0.3, -0.25) is 13.8 Å². The van der Waals surface area contributed by atoms with E-state index in [4.69, 9.17) is 15.0 Å². The highest BCUT2D eigenvalue weighted by molar-refractivity contribution is 6.16. The lowest BCUT2D eigenvalue weighted by atomic mass is 9.97. The maximum atomic E-state index is 5.06. The van der Waals surface area contributed by atoms with E-state index in [1.54, 1.807) is 0 Å². The molecule has 0 aliphatic rings. The fourth-order valence-corrected chi connectivity index (χ4v) is 6.84. The highest BCUT2D eigenvalue weighted by atomic mass is 15.0. The summed E-state index contributed by atoms with van der Waals surface area (Å²) in [6.45, 7) is 0. The van der Waals surface area contributed by atoms with Crippen LogP contribution in [0.5, 0.6) is 0 Å². The molecule has 0 atom stereocenters. The summed E-state index contributed by atoms with van der Waals surface area (Å²) in [7, 11) is 0. The lowest BCUT2D eigenvalue weighted by molar-refractivity contribution is 1.29. The Bertz CT molecular complexity index is 2560. The molecule has 0 unspecified atom stereocenters. The average molecular weight is 536 g/mol. The maximum absolute atomic E-state index is 5.06. The van der Waals surface area contributed by atoms with Gasteiger partial charge in [0.15, 0.2) is 0 Å². The van der Waals surface area contributed by atoms with E-state index < -0.39 is 0 Å². The molecule has 0 radical (unpaired) electrons. The molecule has 42 heavy (non-hydrogen) atoms. The van der Waals surface area contributed by atoms with Crippen molar-refractivity contribution in [1.82, 2.24) is 23.8 Å². The zero-order valence-corrected chi connectivity index (χ0v) is 22.4. The van der Waals surface area contributed by atoms with E-state index >= 15 is 0 Å². The van der Waals surface area contributed by atoms with Crippen LogP contribution < -0.4 is 0 Å². The fraction of sp³-hybridized carbons (Fsp3) is 0. The molecule has 0 bridgehead atoms. The van der Waals surface area contributed by atoms with Gasteiger partial charge in [0.2, 0.25) is 0 Å². The van der Waals surface area contributed by atoms with Gasteiger partial charge in [-0.15, -0.1) is 0 Å². The molecule has 5 heteroatoms. The number of hydrogen-bond acceptors (Lipinski definition) is 3. The predicted molar refractivity (Wildman–Crippen MR) is 172 cm³/mol. The Kier molecular flexibility index (Phi) is 4.12. The van der Waals surface area contributed by atoms with Gasteiger partial charge in [-0.2, -0.15) is 0 Å². The Hall–Kier alpha value is -5.81. The Morgan fingerprint density at radius 1 is 0.405 bits per heavy atom. The van der Waals surface area contributed by atoms with Crippen LogP contribution in [-0.4, -0.2) is 23.8 Å². The third-order valence-electron chi connectivity index (χ3n) is 8.69. The first kappa shape index (κ1) is 21.9. The monoisotopic (exact) mass is 535 g/mol. The molecule has 5 heterocycles. The fourth-order valence-electron chi connectivity index (χ4n) is 6.84. The van der Waals surface area contributed by atoms with Crippen molar-refractivity contribution in [3.63, 3.8) is 0 Å². The Balaban J connectivity index is 1.28. The summed E-state index contributed by atoms with van der Waals surface area (Å²) in [5, 5.41) is 5.75. The van der Waals surface area contributed by atoms with Crippen LogP contribution in [0.3, 0.4) is 0 Å². The van der Waals surface area contributed by atoms with Crippen molar-refractivity contribution >= 4 is 76.8 Å². The van der Waals surface area contributed by atoms with E-state index in [9.17, 15) is 0 Å². The second kappa shape index (κ2) is 7.89. The van der Waals surface area contributed by atoms with Crippen LogP contribution in [0, 0.1) is 0 Å². The third kappa shape index (κ3) is 2.79. The van der Waals surface area contributed by atoms with Crippen molar-refractivity contribution in [3.8, 4) is 11.1 Å². The highest BCUT2D eigenvalue weighted by Gasteiger charge is 2.17. The molecule has 10 rings (SSSR count). The molecule has 0 aliphatic carbocycles. The molecule has 5 nitrogen and oxygen atoms in total. The maximum Gasteiger partial charge on any atom is 0.146 e. The van der Waals surface area contributed by atoms with Gasteiger partial charge in [0.1, 0.15) is 11.3 Å². The average Bonchev–Trinajstić information content (AvgIpc) is 3.64. The number of aromatic nitrogens is 5. The van der Waals surface area contributed by atoms with E-state index in [1.807, 2.05) is 18.3 Å². The first-order valence-corrected chi connectivity index (χ1v) is 14.1. The zero-order chi connectivity index (χ0) is 27.4. The predicted octanol–water partition coefficient (Wildman–Crippen LogP) is 8.96. The summed E-state index contributed by atoms with van der Waals surface area (Å²) >= 11 is 0. The number of para-hydroxylation sites is 5. The quantitative estimate of drug-likeness (QED) is 0.197. The van der Waals surface area contributed by atoms with Crippen LogP contribution in [-0.2, 0) is 0 Å². The molecule has 0 aliphatic heterocycles. The van der Waals surface area contributed by atoms with Crippen LogP contribution in [0.15, 0.2) is 128 Å². The van der Waals surface area contributed by atoms with Gasteiger partial charge >= 0.3 is 0 Å². The molecule has 0 fully saturated rings. The van der Waals surface area contributed by atoms with Gasteiger partial charge in [-0.1, -0.05) is 54.6 Å². The van der Waals surface area contributed by atoms with Crippen molar-refractivity contribution in [3.05, 3.63) is 128 Å². The first-order valence-electron chi connectivity index (χ1n) is 14.1. The van der Waals surface area contributed by atoms with E-state index in [1.165, 1.54) is 10.8 Å². The normalized spacial score (nSPS) is 12.3. The van der Waals surface area contributed by atoms with Crippen molar-refractivity contribution < 1.29 is 0 Å². The lowest BCUT2D eigenvalue weighted by Gasteiger charge is -2.12. The summed E-state index contributed by atoms with van der Waals surface area (Å²) in [4.78, 5) is 15.0. The Labute approximate surface area is 238 Å². The Morgan fingerprint density at radius 3 is 1.67 bits per heavy atom. The van der Waals surface area contributed by atoms with Crippen LogP contribution in [0.4, 0.5) is 0 Å². The topological polar surface area (TPSA) is 47.5 Å². The lowest BCUT2D eigenvalue weighted by Crippen LogP contribution is -1.94. The van der Waals surface area contributed by atoms with Gasteiger partial charge < -0.3 is 0 Å². The third-order valence-corrected chi connectivity index (χ3v) is 8.69. The van der Waals surface area contributed by atoms with Crippen LogP contribution in [0.25, 0.3) is 88.0 Å². The second-order valence-electron chi connectivity index (χ2n) is 10.9. The van der Waals surface area contributed by atoms with Crippen molar-refractivity contribution in [1.29, 1.82) is 0 Å². The number of fused-ring (bicyclic) bond motifs is 16. The molecule has 0 saturated carbocycles.